The van der Waals surface area contributed by atoms with E-state index in [0.717, 1.165) is 15.7 Å². The molecule has 1 heterocycles. The van der Waals surface area contributed by atoms with Crippen LogP contribution in [0.25, 0.3) is 0 Å². The molecule has 1 atom stereocenters. The van der Waals surface area contributed by atoms with Gasteiger partial charge in [-0.05, 0) is 55.7 Å². The molecule has 0 aliphatic rings. The van der Waals surface area contributed by atoms with Crippen molar-refractivity contribution in [3.8, 4) is 0 Å². The monoisotopic (exact) mass is 317 g/mol. The van der Waals surface area contributed by atoms with Gasteiger partial charge in [0.05, 0.1) is 11.4 Å². The van der Waals surface area contributed by atoms with Crippen molar-refractivity contribution in [2.24, 2.45) is 0 Å². The number of nitrogens with zero attached hydrogens (tertiary/aromatic N) is 2. The maximum absolute atomic E-state index is 7.93. The fourth-order valence-electron chi connectivity index (χ4n) is 1.14. The minimum Gasteiger partial charge on any atom is -0.306 e. The maximum atomic E-state index is 7.93. The third-order valence-electron chi connectivity index (χ3n) is 2.42. The largest absolute Gasteiger partial charge is 0.306 e. The van der Waals surface area contributed by atoms with E-state index in [4.69, 9.17) is 5.41 Å². The molecule has 0 radical (unpaired) electrons. The first-order chi connectivity index (χ1) is 7.00. The Bertz CT molecular complexity index is 332. The molecule has 1 aromatic rings. The summed E-state index contributed by atoms with van der Waals surface area (Å²) >= 11 is 2.21. The van der Waals surface area contributed by atoms with Crippen LogP contribution in [0.1, 0.15) is 19.0 Å². The van der Waals surface area contributed by atoms with Crippen LogP contribution in [0.2, 0.25) is 0 Å². The summed E-state index contributed by atoms with van der Waals surface area (Å²) in [5.74, 6) is 0. The first kappa shape index (κ1) is 12.6. The van der Waals surface area contributed by atoms with Crippen LogP contribution in [0.15, 0.2) is 18.3 Å². The Morgan fingerprint density at radius 3 is 2.67 bits per heavy atom. The number of rotatable bonds is 4. The van der Waals surface area contributed by atoms with Crippen LogP contribution in [0.3, 0.4) is 0 Å². The van der Waals surface area contributed by atoms with E-state index in [-0.39, 0.29) is 0 Å². The van der Waals surface area contributed by atoms with E-state index in [1.54, 1.807) is 6.20 Å². The van der Waals surface area contributed by atoms with Gasteiger partial charge in [0.1, 0.15) is 0 Å². The fraction of sp³-hybridized carbons (Fsp3) is 0.455. The number of hydrogen-bond acceptors (Lipinski definition) is 3. The molecule has 0 saturated heterocycles. The SMILES string of the molecule is CC(CC(=N)c1ccc(I)cn1)N(C)C. The highest BCUT2D eigenvalue weighted by Crippen LogP contribution is 2.08. The lowest BCUT2D eigenvalue weighted by atomic mass is 10.1. The molecule has 1 rings (SSSR count). The first-order valence-corrected chi connectivity index (χ1v) is 5.94. The lowest BCUT2D eigenvalue weighted by molar-refractivity contribution is 0.321. The van der Waals surface area contributed by atoms with Gasteiger partial charge in [0.25, 0.3) is 0 Å². The van der Waals surface area contributed by atoms with Gasteiger partial charge in [-0.1, -0.05) is 0 Å². The van der Waals surface area contributed by atoms with Crippen LogP contribution < -0.4 is 0 Å². The van der Waals surface area contributed by atoms with Gasteiger partial charge in [0.2, 0.25) is 0 Å². The van der Waals surface area contributed by atoms with Crippen molar-refractivity contribution in [1.82, 2.24) is 9.88 Å². The molecule has 82 valence electrons. The second kappa shape index (κ2) is 5.55. The lowest BCUT2D eigenvalue weighted by Gasteiger charge is -2.19. The van der Waals surface area contributed by atoms with Crippen LogP contribution >= 0.6 is 22.6 Å². The van der Waals surface area contributed by atoms with Crippen molar-refractivity contribution >= 4 is 28.3 Å². The molecule has 1 unspecified atom stereocenters. The van der Waals surface area contributed by atoms with Crippen LogP contribution in [0, 0.1) is 8.98 Å². The summed E-state index contributed by atoms with van der Waals surface area (Å²) in [5.41, 5.74) is 1.39. The predicted octanol–water partition coefficient (Wildman–Crippen LogP) is 2.39. The third-order valence-corrected chi connectivity index (χ3v) is 3.06. The molecule has 3 nitrogen and oxygen atoms in total. The molecule has 0 saturated carbocycles. The average Bonchev–Trinajstić information content (AvgIpc) is 2.18. The fourth-order valence-corrected chi connectivity index (χ4v) is 1.46. The van der Waals surface area contributed by atoms with Crippen molar-refractivity contribution < 1.29 is 0 Å². The van der Waals surface area contributed by atoms with Gasteiger partial charge in [0, 0.05) is 22.2 Å². The molecule has 0 amide bonds. The van der Waals surface area contributed by atoms with Crippen molar-refractivity contribution in [1.29, 1.82) is 5.41 Å². The minimum atomic E-state index is 0.374. The van der Waals surface area contributed by atoms with Gasteiger partial charge in [0.15, 0.2) is 0 Å². The number of aromatic nitrogens is 1. The number of hydrogen-bond donors (Lipinski definition) is 1. The topological polar surface area (TPSA) is 40.0 Å². The summed E-state index contributed by atoms with van der Waals surface area (Å²) in [6.45, 7) is 2.11. The zero-order valence-electron chi connectivity index (χ0n) is 9.29. The predicted molar refractivity (Wildman–Crippen MR) is 71.5 cm³/mol. The highest BCUT2D eigenvalue weighted by atomic mass is 127. The number of nitrogens with one attached hydrogen (secondary N) is 1. The van der Waals surface area contributed by atoms with E-state index in [0.29, 0.717) is 11.8 Å². The summed E-state index contributed by atoms with van der Waals surface area (Å²) in [6, 6.07) is 4.27. The highest BCUT2D eigenvalue weighted by Gasteiger charge is 2.10. The molecule has 0 fully saturated rings. The van der Waals surface area contributed by atoms with Crippen LogP contribution in [0.4, 0.5) is 0 Å². The van der Waals surface area contributed by atoms with Gasteiger partial charge in [-0.15, -0.1) is 0 Å². The van der Waals surface area contributed by atoms with Crippen LogP contribution in [0.5, 0.6) is 0 Å². The van der Waals surface area contributed by atoms with Gasteiger partial charge in [-0.2, -0.15) is 0 Å². The summed E-state index contributed by atoms with van der Waals surface area (Å²) in [5, 5.41) is 7.93. The second-order valence-electron chi connectivity index (χ2n) is 3.86. The molecule has 4 heteroatoms. The zero-order valence-corrected chi connectivity index (χ0v) is 11.4. The smallest absolute Gasteiger partial charge is 0.0838 e. The Morgan fingerprint density at radius 1 is 1.53 bits per heavy atom. The Hall–Kier alpha value is -0.490. The molecule has 0 aliphatic carbocycles. The molecule has 0 bridgehead atoms. The zero-order chi connectivity index (χ0) is 11.4. The second-order valence-corrected chi connectivity index (χ2v) is 5.10. The van der Waals surface area contributed by atoms with Gasteiger partial charge in [-0.25, -0.2) is 0 Å². The molecule has 1 N–H and O–H groups in total. The van der Waals surface area contributed by atoms with Crippen molar-refractivity contribution in [3.05, 3.63) is 27.6 Å². The van der Waals surface area contributed by atoms with E-state index in [9.17, 15) is 0 Å². The molecular formula is C11H16IN3. The van der Waals surface area contributed by atoms with E-state index in [2.05, 4.69) is 39.4 Å². The minimum absolute atomic E-state index is 0.374. The Morgan fingerprint density at radius 2 is 2.20 bits per heavy atom. The third kappa shape index (κ3) is 3.87. The quantitative estimate of drug-likeness (QED) is 0.684. The van der Waals surface area contributed by atoms with E-state index >= 15 is 0 Å². The molecular weight excluding hydrogens is 301 g/mol. The van der Waals surface area contributed by atoms with Crippen molar-refractivity contribution in [3.63, 3.8) is 0 Å². The van der Waals surface area contributed by atoms with Crippen molar-refractivity contribution in [2.45, 2.75) is 19.4 Å². The van der Waals surface area contributed by atoms with Crippen LogP contribution in [-0.2, 0) is 0 Å². The summed E-state index contributed by atoms with van der Waals surface area (Å²) in [6.07, 6.45) is 2.53. The van der Waals surface area contributed by atoms with Gasteiger partial charge in [-0.3, -0.25) is 4.98 Å². The van der Waals surface area contributed by atoms with E-state index < -0.39 is 0 Å². The highest BCUT2D eigenvalue weighted by molar-refractivity contribution is 14.1. The Balaban J connectivity index is 2.65. The first-order valence-electron chi connectivity index (χ1n) is 4.86. The van der Waals surface area contributed by atoms with Crippen molar-refractivity contribution in [2.75, 3.05) is 14.1 Å². The van der Waals surface area contributed by atoms with Crippen LogP contribution in [-0.4, -0.2) is 35.7 Å². The molecule has 0 aromatic carbocycles. The van der Waals surface area contributed by atoms with Gasteiger partial charge >= 0.3 is 0 Å². The molecule has 1 aromatic heterocycles. The van der Waals surface area contributed by atoms with Gasteiger partial charge < -0.3 is 10.3 Å². The Labute approximate surface area is 105 Å². The van der Waals surface area contributed by atoms with E-state index in [1.807, 2.05) is 26.2 Å². The summed E-state index contributed by atoms with van der Waals surface area (Å²) < 4.78 is 1.10. The molecule has 0 aliphatic heterocycles. The summed E-state index contributed by atoms with van der Waals surface area (Å²) in [7, 11) is 4.05. The molecule has 0 spiro atoms. The van der Waals surface area contributed by atoms with E-state index in [1.165, 1.54) is 0 Å². The lowest BCUT2D eigenvalue weighted by Crippen LogP contribution is -2.27. The Kier molecular flexibility index (Phi) is 4.66. The molecule has 15 heavy (non-hydrogen) atoms. The maximum Gasteiger partial charge on any atom is 0.0838 e. The standard InChI is InChI=1S/C11H16IN3/c1-8(15(2)3)6-10(13)11-5-4-9(12)7-14-11/h4-5,7-8,13H,6H2,1-3H3. The summed E-state index contributed by atoms with van der Waals surface area (Å²) in [4.78, 5) is 6.35. The number of pyridine rings is 1. The average molecular weight is 317 g/mol. The normalized spacial score (nSPS) is 12.9. The number of halogens is 1.